The summed E-state index contributed by atoms with van der Waals surface area (Å²) in [4.78, 5) is 25.5. The highest BCUT2D eigenvalue weighted by atomic mass is 35.5. The molecule has 1 aromatic heterocycles. The Morgan fingerprint density at radius 3 is 2.54 bits per heavy atom. The van der Waals surface area contributed by atoms with Crippen LogP contribution in [0, 0.1) is 6.92 Å². The van der Waals surface area contributed by atoms with Gasteiger partial charge in [-0.05, 0) is 25.0 Å². The van der Waals surface area contributed by atoms with Crippen molar-refractivity contribution in [1.82, 2.24) is 9.99 Å². The van der Waals surface area contributed by atoms with E-state index in [1.54, 1.807) is 25.1 Å². The zero-order valence-electron chi connectivity index (χ0n) is 14.6. The van der Waals surface area contributed by atoms with E-state index in [1.165, 1.54) is 0 Å². The Kier molecular flexibility index (Phi) is 5.00. The summed E-state index contributed by atoms with van der Waals surface area (Å²) in [5, 5.41) is 4.07. The third-order valence-electron chi connectivity index (χ3n) is 4.58. The van der Waals surface area contributed by atoms with E-state index in [-0.39, 0.29) is 22.4 Å². The van der Waals surface area contributed by atoms with Gasteiger partial charge in [0.1, 0.15) is 0 Å². The summed E-state index contributed by atoms with van der Waals surface area (Å²) in [5.41, 5.74) is 1.35. The molecule has 3 N–H and O–H groups in total. The quantitative estimate of drug-likeness (QED) is 0.690. The van der Waals surface area contributed by atoms with Gasteiger partial charge in [0, 0.05) is 5.39 Å². The van der Waals surface area contributed by atoms with Crippen LogP contribution in [0.15, 0.2) is 53.3 Å². The number of nitrogens with zero attached hydrogens (tertiary/aromatic N) is 1. The molecule has 2 aromatic carbocycles. The lowest BCUT2D eigenvalue weighted by molar-refractivity contribution is 0.0936. The molecule has 26 heavy (non-hydrogen) atoms. The van der Waals surface area contributed by atoms with Gasteiger partial charge in [-0.3, -0.25) is 9.59 Å². The van der Waals surface area contributed by atoms with Gasteiger partial charge >= 0.3 is 0 Å². The van der Waals surface area contributed by atoms with E-state index in [9.17, 15) is 9.59 Å². The predicted octanol–water partition coefficient (Wildman–Crippen LogP) is 3.56. The number of nitrogens with one attached hydrogen (secondary N) is 1. The highest BCUT2D eigenvalue weighted by molar-refractivity contribution is 6.36. The monoisotopic (exact) mass is 369 g/mol. The van der Waals surface area contributed by atoms with Crippen molar-refractivity contribution in [3.05, 3.63) is 80.7 Å². The SMILES string of the molecule is CCC(NC(=O)c1c(C)n(N)c(=O)c2c(Cl)cccc12)c1ccccc1. The van der Waals surface area contributed by atoms with Crippen LogP contribution in [-0.4, -0.2) is 10.6 Å². The van der Waals surface area contributed by atoms with Crippen molar-refractivity contribution in [3.8, 4) is 0 Å². The lowest BCUT2D eigenvalue weighted by Crippen LogP contribution is -2.35. The normalized spacial score (nSPS) is 12.1. The van der Waals surface area contributed by atoms with Gasteiger partial charge in [0.05, 0.1) is 27.7 Å². The minimum Gasteiger partial charge on any atom is -0.345 e. The molecule has 1 heterocycles. The molecular weight excluding hydrogens is 350 g/mol. The molecule has 3 aromatic rings. The number of carbonyl (C=O) groups excluding carboxylic acids is 1. The Balaban J connectivity index is 2.12. The average molecular weight is 370 g/mol. The van der Waals surface area contributed by atoms with Crippen LogP contribution in [0.1, 0.15) is 41.0 Å². The van der Waals surface area contributed by atoms with Crippen LogP contribution >= 0.6 is 11.6 Å². The minimum absolute atomic E-state index is 0.143. The van der Waals surface area contributed by atoms with E-state index in [1.807, 2.05) is 37.3 Å². The van der Waals surface area contributed by atoms with E-state index >= 15 is 0 Å². The lowest BCUT2D eigenvalue weighted by atomic mass is 10.0. The summed E-state index contributed by atoms with van der Waals surface area (Å²) in [6, 6.07) is 14.7. The van der Waals surface area contributed by atoms with Crippen molar-refractivity contribution in [3.63, 3.8) is 0 Å². The number of rotatable bonds is 4. The summed E-state index contributed by atoms with van der Waals surface area (Å²) in [5.74, 6) is 5.61. The highest BCUT2D eigenvalue weighted by Crippen LogP contribution is 2.26. The second-order valence-corrected chi connectivity index (χ2v) is 6.55. The Morgan fingerprint density at radius 1 is 1.19 bits per heavy atom. The van der Waals surface area contributed by atoms with Gasteiger partial charge in [0.2, 0.25) is 0 Å². The lowest BCUT2D eigenvalue weighted by Gasteiger charge is -2.20. The number of carbonyl (C=O) groups is 1. The van der Waals surface area contributed by atoms with Crippen LogP contribution in [0.2, 0.25) is 5.02 Å². The van der Waals surface area contributed by atoms with Crippen LogP contribution in [0.4, 0.5) is 0 Å². The average Bonchev–Trinajstić information content (AvgIpc) is 2.65. The Labute approximate surface area is 156 Å². The van der Waals surface area contributed by atoms with Crippen LogP contribution in [0.5, 0.6) is 0 Å². The van der Waals surface area contributed by atoms with Gasteiger partial charge in [-0.2, -0.15) is 0 Å². The van der Waals surface area contributed by atoms with E-state index < -0.39 is 5.56 Å². The molecule has 1 amide bonds. The molecule has 0 fully saturated rings. The van der Waals surface area contributed by atoms with Crippen molar-refractivity contribution in [2.75, 3.05) is 5.84 Å². The third-order valence-corrected chi connectivity index (χ3v) is 4.90. The number of pyridine rings is 1. The number of aromatic nitrogens is 1. The van der Waals surface area contributed by atoms with Gasteiger partial charge < -0.3 is 11.2 Å². The maximum Gasteiger partial charge on any atom is 0.278 e. The summed E-state index contributed by atoms with van der Waals surface area (Å²) in [6.07, 6.45) is 0.732. The fourth-order valence-electron chi connectivity index (χ4n) is 3.16. The first-order valence-corrected chi connectivity index (χ1v) is 8.78. The van der Waals surface area contributed by atoms with Crippen molar-refractivity contribution in [2.45, 2.75) is 26.3 Å². The molecule has 0 radical (unpaired) electrons. The number of hydrogen-bond donors (Lipinski definition) is 2. The molecule has 3 rings (SSSR count). The number of amides is 1. The number of halogens is 1. The summed E-state index contributed by atoms with van der Waals surface area (Å²) in [6.45, 7) is 3.66. The van der Waals surface area contributed by atoms with Crippen molar-refractivity contribution >= 4 is 28.3 Å². The fourth-order valence-corrected chi connectivity index (χ4v) is 3.42. The molecule has 0 spiro atoms. The van der Waals surface area contributed by atoms with Crippen molar-refractivity contribution < 1.29 is 4.79 Å². The van der Waals surface area contributed by atoms with Crippen LogP contribution in [-0.2, 0) is 0 Å². The molecule has 5 nitrogen and oxygen atoms in total. The number of hydrogen-bond acceptors (Lipinski definition) is 3. The van der Waals surface area contributed by atoms with Gasteiger partial charge in [-0.1, -0.05) is 61.0 Å². The summed E-state index contributed by atoms with van der Waals surface area (Å²) >= 11 is 6.19. The van der Waals surface area contributed by atoms with Crippen LogP contribution < -0.4 is 16.7 Å². The van der Waals surface area contributed by atoms with E-state index in [0.717, 1.165) is 16.7 Å². The second-order valence-electron chi connectivity index (χ2n) is 6.14. The molecule has 134 valence electrons. The highest BCUT2D eigenvalue weighted by Gasteiger charge is 2.22. The summed E-state index contributed by atoms with van der Waals surface area (Å²) in [7, 11) is 0. The zero-order valence-corrected chi connectivity index (χ0v) is 15.4. The Morgan fingerprint density at radius 2 is 1.88 bits per heavy atom. The molecular formula is C20H20ClN3O2. The second kappa shape index (κ2) is 7.22. The maximum atomic E-state index is 13.1. The predicted molar refractivity (Wildman–Crippen MR) is 105 cm³/mol. The van der Waals surface area contributed by atoms with Gasteiger partial charge in [0.15, 0.2) is 0 Å². The smallest absolute Gasteiger partial charge is 0.278 e. The number of fused-ring (bicyclic) bond motifs is 1. The summed E-state index contributed by atoms with van der Waals surface area (Å²) < 4.78 is 0.979. The minimum atomic E-state index is -0.422. The van der Waals surface area contributed by atoms with Crippen LogP contribution in [0.25, 0.3) is 10.8 Å². The van der Waals surface area contributed by atoms with Crippen molar-refractivity contribution in [1.29, 1.82) is 0 Å². The van der Waals surface area contributed by atoms with Gasteiger partial charge in [0.25, 0.3) is 11.5 Å². The van der Waals surface area contributed by atoms with E-state index in [0.29, 0.717) is 16.6 Å². The van der Waals surface area contributed by atoms with E-state index in [4.69, 9.17) is 17.4 Å². The first-order valence-electron chi connectivity index (χ1n) is 8.40. The molecule has 6 heteroatoms. The van der Waals surface area contributed by atoms with Crippen molar-refractivity contribution in [2.24, 2.45) is 0 Å². The number of nitrogens with two attached hydrogens (primary N) is 1. The Bertz CT molecular complexity index is 1030. The van der Waals surface area contributed by atoms with Crippen LogP contribution in [0.3, 0.4) is 0 Å². The standard InChI is InChI=1S/C20H20ClN3O2/c1-3-16(13-8-5-4-6-9-13)23-19(25)17-12(2)24(22)20(26)18-14(17)10-7-11-15(18)21/h4-11,16H,3,22H2,1-2H3,(H,23,25). The van der Waals surface area contributed by atoms with E-state index in [2.05, 4.69) is 5.32 Å². The van der Waals surface area contributed by atoms with Gasteiger partial charge in [-0.15, -0.1) is 0 Å². The third kappa shape index (κ3) is 3.06. The first-order chi connectivity index (χ1) is 12.5. The number of nitrogen functional groups attached to an aromatic ring is 1. The molecule has 0 aliphatic rings. The fraction of sp³-hybridized carbons (Fsp3) is 0.200. The topological polar surface area (TPSA) is 77.1 Å². The Hall–Kier alpha value is -2.79. The largest absolute Gasteiger partial charge is 0.345 e. The molecule has 1 unspecified atom stereocenters. The molecule has 0 aliphatic carbocycles. The molecule has 0 saturated heterocycles. The molecule has 0 saturated carbocycles. The number of benzene rings is 2. The van der Waals surface area contributed by atoms with Gasteiger partial charge in [-0.25, -0.2) is 4.68 Å². The first kappa shape index (κ1) is 18.0. The molecule has 0 aliphatic heterocycles. The molecule has 0 bridgehead atoms. The maximum absolute atomic E-state index is 13.1. The molecule has 1 atom stereocenters. The zero-order chi connectivity index (χ0) is 18.8.